The molecule has 29 heavy (non-hydrogen) atoms. The Morgan fingerprint density at radius 2 is 1.93 bits per heavy atom. The second-order valence-electron chi connectivity index (χ2n) is 6.75. The molecule has 0 unspecified atom stereocenters. The van der Waals surface area contributed by atoms with E-state index in [-0.39, 0.29) is 18.1 Å². The summed E-state index contributed by atoms with van der Waals surface area (Å²) in [5.41, 5.74) is 4.19. The molecule has 0 aliphatic rings. The third kappa shape index (κ3) is 4.30. The molecule has 7 heteroatoms. The number of fused-ring (bicyclic) bond motifs is 1. The van der Waals surface area contributed by atoms with Crippen LogP contribution in [0.5, 0.6) is 0 Å². The Bertz CT molecular complexity index is 1190. The fraction of sp³-hybridized carbons (Fsp3) is 0.136. The van der Waals surface area contributed by atoms with Crippen LogP contribution in [0.2, 0.25) is 0 Å². The first-order valence-corrected chi connectivity index (χ1v) is 9.93. The van der Waals surface area contributed by atoms with Crippen molar-refractivity contribution >= 4 is 34.3 Å². The van der Waals surface area contributed by atoms with E-state index >= 15 is 0 Å². The van der Waals surface area contributed by atoms with Crippen molar-refractivity contribution in [2.24, 2.45) is 0 Å². The summed E-state index contributed by atoms with van der Waals surface area (Å²) in [6.45, 7) is 3.83. The molecule has 2 heterocycles. The van der Waals surface area contributed by atoms with E-state index in [0.29, 0.717) is 5.16 Å². The summed E-state index contributed by atoms with van der Waals surface area (Å²) in [5.74, 6) is -0.461. The molecule has 0 saturated carbocycles. The second kappa shape index (κ2) is 8.05. The van der Waals surface area contributed by atoms with E-state index < -0.39 is 0 Å². The van der Waals surface area contributed by atoms with Gasteiger partial charge in [-0.25, -0.2) is 14.4 Å². The molecule has 0 spiro atoms. The third-order valence-corrected chi connectivity index (χ3v) is 5.53. The Morgan fingerprint density at radius 1 is 1.14 bits per heavy atom. The van der Waals surface area contributed by atoms with E-state index in [0.717, 1.165) is 38.3 Å². The van der Waals surface area contributed by atoms with Crippen molar-refractivity contribution in [2.45, 2.75) is 30.3 Å². The van der Waals surface area contributed by atoms with E-state index in [4.69, 9.17) is 0 Å². The molecule has 2 aromatic carbocycles. The highest BCUT2D eigenvalue weighted by atomic mass is 32.2. The largest absolute Gasteiger partial charge is 0.358 e. The Morgan fingerprint density at radius 3 is 2.69 bits per heavy atom. The molecule has 4 aromatic rings. The molecule has 2 N–H and O–H groups in total. The molecular formula is C22H19FN4OS. The summed E-state index contributed by atoms with van der Waals surface area (Å²) >= 11 is 1.46. The molecule has 0 radical (unpaired) electrons. The summed E-state index contributed by atoms with van der Waals surface area (Å²) < 4.78 is 13.6. The zero-order valence-electron chi connectivity index (χ0n) is 16.0. The Hall–Kier alpha value is -3.19. The number of aromatic nitrogens is 3. The molecule has 0 bridgehead atoms. The topological polar surface area (TPSA) is 70.7 Å². The van der Waals surface area contributed by atoms with E-state index in [1.807, 2.05) is 32.0 Å². The zero-order chi connectivity index (χ0) is 20.4. The lowest BCUT2D eigenvalue weighted by Gasteiger charge is -2.10. The van der Waals surface area contributed by atoms with Crippen molar-refractivity contribution in [1.29, 1.82) is 0 Å². The normalized spacial score (nSPS) is 11.0. The number of nitrogens with one attached hydrogen (secondary N) is 2. The molecule has 0 fully saturated rings. The van der Waals surface area contributed by atoms with Crippen molar-refractivity contribution in [3.63, 3.8) is 0 Å². The minimum atomic E-state index is -0.315. The van der Waals surface area contributed by atoms with Crippen molar-refractivity contribution in [3.8, 4) is 0 Å². The van der Waals surface area contributed by atoms with Crippen LogP contribution < -0.4 is 5.32 Å². The maximum absolute atomic E-state index is 13.6. The Balaban J connectivity index is 1.49. The zero-order valence-corrected chi connectivity index (χ0v) is 16.8. The number of aryl methyl sites for hydroxylation is 2. The van der Waals surface area contributed by atoms with Crippen LogP contribution in [0.25, 0.3) is 10.9 Å². The SMILES string of the molecule is Cc1cc(Sc2ncccn2)ccc1NC(=O)Cc1c(C)[nH]c2ccc(F)cc12. The van der Waals surface area contributed by atoms with Crippen molar-refractivity contribution in [1.82, 2.24) is 15.0 Å². The van der Waals surface area contributed by atoms with Crippen LogP contribution in [-0.2, 0) is 11.2 Å². The van der Waals surface area contributed by atoms with Crippen LogP contribution in [0.1, 0.15) is 16.8 Å². The average Bonchev–Trinajstić information content (AvgIpc) is 2.99. The number of halogens is 1. The smallest absolute Gasteiger partial charge is 0.228 e. The summed E-state index contributed by atoms with van der Waals surface area (Å²) in [5, 5.41) is 4.37. The molecule has 146 valence electrons. The standard InChI is InChI=1S/C22H19FN4OS/c1-13-10-16(29-22-24-8-3-9-25-22)5-7-19(13)27-21(28)12-17-14(2)26-20-6-4-15(23)11-18(17)20/h3-11,26H,12H2,1-2H3,(H,27,28). The summed E-state index contributed by atoms with van der Waals surface area (Å²) in [7, 11) is 0. The lowest BCUT2D eigenvalue weighted by Crippen LogP contribution is -2.15. The third-order valence-electron chi connectivity index (χ3n) is 4.64. The fourth-order valence-corrected chi connectivity index (χ4v) is 4.03. The highest BCUT2D eigenvalue weighted by molar-refractivity contribution is 7.99. The predicted octanol–water partition coefficient (Wildman–Crippen LogP) is 5.05. The van der Waals surface area contributed by atoms with E-state index in [1.54, 1.807) is 24.5 Å². The number of amides is 1. The Kier molecular flexibility index (Phi) is 5.31. The molecule has 4 rings (SSSR count). The molecule has 0 aliphatic carbocycles. The number of benzene rings is 2. The Labute approximate surface area is 171 Å². The van der Waals surface area contributed by atoms with Gasteiger partial charge in [-0.1, -0.05) is 0 Å². The number of H-pyrrole nitrogens is 1. The van der Waals surface area contributed by atoms with Gasteiger partial charge in [0.05, 0.1) is 6.42 Å². The number of hydrogen-bond acceptors (Lipinski definition) is 4. The van der Waals surface area contributed by atoms with Crippen molar-refractivity contribution < 1.29 is 9.18 Å². The minimum Gasteiger partial charge on any atom is -0.358 e. The maximum atomic E-state index is 13.6. The lowest BCUT2D eigenvalue weighted by atomic mass is 10.1. The van der Waals surface area contributed by atoms with E-state index in [2.05, 4.69) is 20.3 Å². The lowest BCUT2D eigenvalue weighted by molar-refractivity contribution is -0.115. The number of rotatable bonds is 5. The predicted molar refractivity (Wildman–Crippen MR) is 113 cm³/mol. The average molecular weight is 406 g/mol. The van der Waals surface area contributed by atoms with Crippen LogP contribution in [0.4, 0.5) is 10.1 Å². The highest BCUT2D eigenvalue weighted by Crippen LogP contribution is 2.28. The van der Waals surface area contributed by atoms with Crippen LogP contribution in [-0.4, -0.2) is 20.9 Å². The number of carbonyl (C=O) groups is 1. The van der Waals surface area contributed by atoms with Gasteiger partial charge in [-0.3, -0.25) is 4.79 Å². The molecule has 5 nitrogen and oxygen atoms in total. The monoisotopic (exact) mass is 406 g/mol. The van der Waals surface area contributed by atoms with Gasteiger partial charge in [0.15, 0.2) is 5.16 Å². The van der Waals surface area contributed by atoms with E-state index in [9.17, 15) is 9.18 Å². The van der Waals surface area contributed by atoms with E-state index in [1.165, 1.54) is 23.9 Å². The number of anilines is 1. The van der Waals surface area contributed by atoms with Crippen LogP contribution in [0.15, 0.2) is 64.9 Å². The number of aromatic amines is 1. The van der Waals surface area contributed by atoms with Gasteiger partial charge in [0.25, 0.3) is 0 Å². The highest BCUT2D eigenvalue weighted by Gasteiger charge is 2.14. The van der Waals surface area contributed by atoms with Gasteiger partial charge < -0.3 is 10.3 Å². The second-order valence-corrected chi connectivity index (χ2v) is 7.79. The van der Waals surface area contributed by atoms with Gasteiger partial charge in [0, 0.05) is 39.6 Å². The van der Waals surface area contributed by atoms with Gasteiger partial charge in [-0.15, -0.1) is 0 Å². The molecule has 2 aromatic heterocycles. The van der Waals surface area contributed by atoms with Crippen LogP contribution >= 0.6 is 11.8 Å². The van der Waals surface area contributed by atoms with Gasteiger partial charge in [0.2, 0.25) is 5.91 Å². The fourth-order valence-electron chi connectivity index (χ4n) is 3.22. The number of nitrogens with zero attached hydrogens (tertiary/aromatic N) is 2. The summed E-state index contributed by atoms with van der Waals surface area (Å²) in [6, 6.07) is 12.1. The number of hydrogen-bond donors (Lipinski definition) is 2. The molecule has 1 amide bonds. The minimum absolute atomic E-state index is 0.145. The van der Waals surface area contributed by atoms with Crippen LogP contribution in [0, 0.1) is 19.7 Å². The molecular weight excluding hydrogens is 387 g/mol. The first kappa shape index (κ1) is 19.1. The van der Waals surface area contributed by atoms with Gasteiger partial charge in [-0.2, -0.15) is 0 Å². The quantitative estimate of drug-likeness (QED) is 0.455. The molecule has 0 saturated heterocycles. The summed E-state index contributed by atoms with van der Waals surface area (Å²) in [4.78, 5) is 25.3. The summed E-state index contributed by atoms with van der Waals surface area (Å²) in [6.07, 6.45) is 3.58. The maximum Gasteiger partial charge on any atom is 0.228 e. The van der Waals surface area contributed by atoms with Crippen molar-refractivity contribution in [3.05, 3.63) is 77.5 Å². The molecule has 0 aliphatic heterocycles. The molecule has 0 atom stereocenters. The van der Waals surface area contributed by atoms with Gasteiger partial charge >= 0.3 is 0 Å². The first-order chi connectivity index (χ1) is 14.0. The number of carbonyl (C=O) groups excluding carboxylic acids is 1. The van der Waals surface area contributed by atoms with Gasteiger partial charge in [0.1, 0.15) is 5.82 Å². The van der Waals surface area contributed by atoms with Gasteiger partial charge in [-0.05, 0) is 79.2 Å². The van der Waals surface area contributed by atoms with Crippen LogP contribution in [0.3, 0.4) is 0 Å². The van der Waals surface area contributed by atoms with Crippen molar-refractivity contribution in [2.75, 3.05) is 5.32 Å². The first-order valence-electron chi connectivity index (χ1n) is 9.11.